The predicted molar refractivity (Wildman–Crippen MR) is 111 cm³/mol. The van der Waals surface area contributed by atoms with Gasteiger partial charge in [0.25, 0.3) is 10.0 Å². The van der Waals surface area contributed by atoms with Crippen LogP contribution in [0, 0.1) is 12.8 Å². The highest BCUT2D eigenvalue weighted by Gasteiger charge is 2.40. The van der Waals surface area contributed by atoms with Crippen LogP contribution < -0.4 is 4.90 Å². The minimum Gasteiger partial charge on any atom is -0.339 e. The van der Waals surface area contributed by atoms with Crippen LogP contribution in [0.3, 0.4) is 0 Å². The molecule has 9 nitrogen and oxygen atoms in total. The molecule has 4 heterocycles. The Morgan fingerprint density at radius 2 is 2.00 bits per heavy atom. The molecule has 0 bridgehead atoms. The van der Waals surface area contributed by atoms with Crippen LogP contribution in [0.5, 0.6) is 0 Å². The smallest absolute Gasteiger partial charge is 0.262 e. The van der Waals surface area contributed by atoms with Gasteiger partial charge in [0.2, 0.25) is 5.91 Å². The zero-order chi connectivity index (χ0) is 21.6. The molecule has 0 aliphatic carbocycles. The normalized spacial score (nSPS) is 20.2. The summed E-state index contributed by atoms with van der Waals surface area (Å²) in [5.41, 5.74) is 1.80. The van der Waals surface area contributed by atoms with Gasteiger partial charge in [-0.15, -0.1) is 0 Å². The van der Waals surface area contributed by atoms with Crippen LogP contribution in [0.1, 0.15) is 56.2 Å². The topological polar surface area (TPSA) is 101 Å². The van der Waals surface area contributed by atoms with Gasteiger partial charge in [-0.2, -0.15) is 4.31 Å². The number of hydrogen-bond acceptors (Lipinski definition) is 6. The first-order valence-electron chi connectivity index (χ1n) is 10.4. The minimum atomic E-state index is -3.75. The van der Waals surface area contributed by atoms with Crippen molar-refractivity contribution in [1.82, 2.24) is 23.8 Å². The quantitative estimate of drug-likeness (QED) is 0.716. The van der Waals surface area contributed by atoms with E-state index in [9.17, 15) is 13.2 Å². The van der Waals surface area contributed by atoms with Crippen molar-refractivity contribution < 1.29 is 13.2 Å². The Hall–Kier alpha value is -2.33. The first kappa shape index (κ1) is 20.9. The monoisotopic (exact) mass is 432 g/mol. The number of anilines is 1. The molecule has 0 radical (unpaired) electrons. The third kappa shape index (κ3) is 3.62. The fourth-order valence-corrected chi connectivity index (χ4v) is 5.86. The van der Waals surface area contributed by atoms with Gasteiger partial charge in [-0.25, -0.2) is 23.4 Å². The summed E-state index contributed by atoms with van der Waals surface area (Å²) in [4.78, 5) is 27.8. The molecule has 0 saturated carbocycles. The van der Waals surface area contributed by atoms with Crippen LogP contribution in [-0.4, -0.2) is 51.2 Å². The third-order valence-corrected chi connectivity index (χ3v) is 7.45. The van der Waals surface area contributed by atoms with Gasteiger partial charge in [0.15, 0.2) is 5.03 Å². The van der Waals surface area contributed by atoms with E-state index >= 15 is 0 Å². The number of sulfonamides is 1. The van der Waals surface area contributed by atoms with Gasteiger partial charge in [-0.05, 0) is 32.1 Å². The number of fused-ring (bicyclic) bond motifs is 1. The van der Waals surface area contributed by atoms with Crippen LogP contribution in [0.25, 0.3) is 0 Å². The maximum absolute atomic E-state index is 13.2. The summed E-state index contributed by atoms with van der Waals surface area (Å²) in [6, 6.07) is -0.459. The molecule has 162 valence electrons. The number of amides is 1. The molecule has 0 N–H and O–H groups in total. The standard InChI is InChI=1S/C20H28N6O3S/c1-13(2)10-25-18(27)8-7-15-14(3)22-19(23-20(15)25)16-6-5-9-26(16)30(28,29)17-11-24(4)12-21-17/h11-13,16H,5-10H2,1-4H3. The fraction of sp³-hybridized carbons (Fsp3) is 0.600. The number of hydrogen-bond donors (Lipinski definition) is 0. The number of carbonyl (C=O) groups is 1. The van der Waals surface area contributed by atoms with E-state index in [0.717, 1.165) is 17.7 Å². The minimum absolute atomic E-state index is 0.0307. The van der Waals surface area contributed by atoms with Crippen LogP contribution in [-0.2, 0) is 28.3 Å². The highest BCUT2D eigenvalue weighted by molar-refractivity contribution is 7.89. The Bertz CT molecular complexity index is 1080. The van der Waals surface area contributed by atoms with E-state index in [0.29, 0.717) is 49.9 Å². The zero-order valence-electron chi connectivity index (χ0n) is 17.9. The SMILES string of the molecule is Cc1nc(C2CCCN2S(=O)(=O)c2cn(C)cn2)nc2c1CCC(=O)N2CC(C)C. The molecule has 2 aromatic heterocycles. The van der Waals surface area contributed by atoms with Gasteiger partial charge in [-0.1, -0.05) is 13.8 Å². The van der Waals surface area contributed by atoms with E-state index in [1.807, 2.05) is 6.92 Å². The van der Waals surface area contributed by atoms with Gasteiger partial charge in [0.05, 0.1) is 12.4 Å². The second kappa shape index (κ2) is 7.73. The molecule has 30 heavy (non-hydrogen) atoms. The average Bonchev–Trinajstić information content (AvgIpc) is 3.33. The molecular formula is C20H28N6O3S. The van der Waals surface area contributed by atoms with E-state index in [1.165, 1.54) is 16.8 Å². The van der Waals surface area contributed by atoms with Gasteiger partial charge >= 0.3 is 0 Å². The number of rotatable bonds is 5. The molecule has 0 aromatic carbocycles. The second-order valence-electron chi connectivity index (χ2n) is 8.52. The van der Waals surface area contributed by atoms with E-state index in [4.69, 9.17) is 4.98 Å². The van der Waals surface area contributed by atoms with Crippen molar-refractivity contribution in [2.24, 2.45) is 13.0 Å². The van der Waals surface area contributed by atoms with E-state index in [2.05, 4.69) is 23.8 Å². The fourth-order valence-electron chi connectivity index (χ4n) is 4.23. The van der Waals surface area contributed by atoms with Crippen LogP contribution in [0.2, 0.25) is 0 Å². The van der Waals surface area contributed by atoms with Crippen molar-refractivity contribution in [1.29, 1.82) is 0 Å². The largest absolute Gasteiger partial charge is 0.339 e. The summed E-state index contributed by atoms with van der Waals surface area (Å²) < 4.78 is 29.5. The lowest BCUT2D eigenvalue weighted by molar-refractivity contribution is -0.119. The van der Waals surface area contributed by atoms with Crippen LogP contribution in [0.15, 0.2) is 17.6 Å². The number of aromatic nitrogens is 4. The number of aryl methyl sites for hydroxylation is 2. The molecule has 10 heteroatoms. The summed E-state index contributed by atoms with van der Waals surface area (Å²) in [5, 5.41) is 0.0307. The van der Waals surface area contributed by atoms with E-state index in [1.54, 1.807) is 16.5 Å². The van der Waals surface area contributed by atoms with Crippen molar-refractivity contribution in [2.75, 3.05) is 18.0 Å². The lowest BCUT2D eigenvalue weighted by atomic mass is 10.0. The Kier molecular flexibility index (Phi) is 5.39. The molecule has 2 aromatic rings. The third-order valence-electron chi connectivity index (χ3n) is 5.66. The second-order valence-corrected chi connectivity index (χ2v) is 10.4. The summed E-state index contributed by atoms with van der Waals surface area (Å²) in [7, 11) is -2.01. The van der Waals surface area contributed by atoms with Crippen molar-refractivity contribution in [2.45, 2.75) is 57.5 Å². The molecule has 1 saturated heterocycles. The van der Waals surface area contributed by atoms with Crippen LogP contribution >= 0.6 is 0 Å². The van der Waals surface area contributed by atoms with Crippen LogP contribution in [0.4, 0.5) is 5.82 Å². The Morgan fingerprint density at radius 3 is 2.67 bits per heavy atom. The number of imidazole rings is 1. The molecule has 2 aliphatic heterocycles. The molecule has 0 spiro atoms. The summed E-state index contributed by atoms with van der Waals surface area (Å²) in [6.45, 7) is 7.03. The maximum atomic E-state index is 13.2. The average molecular weight is 433 g/mol. The summed E-state index contributed by atoms with van der Waals surface area (Å²) in [6.07, 6.45) is 5.43. The highest BCUT2D eigenvalue weighted by atomic mass is 32.2. The molecule has 1 amide bonds. The van der Waals surface area contributed by atoms with Crippen molar-refractivity contribution in [3.05, 3.63) is 29.6 Å². The number of carbonyl (C=O) groups excluding carboxylic acids is 1. The molecule has 1 unspecified atom stereocenters. The Balaban J connectivity index is 1.74. The van der Waals surface area contributed by atoms with Crippen molar-refractivity contribution in [3.8, 4) is 0 Å². The van der Waals surface area contributed by atoms with E-state index < -0.39 is 16.1 Å². The van der Waals surface area contributed by atoms with Gasteiger partial charge < -0.3 is 4.57 Å². The van der Waals surface area contributed by atoms with Gasteiger partial charge in [0.1, 0.15) is 11.6 Å². The summed E-state index contributed by atoms with van der Waals surface area (Å²) >= 11 is 0. The maximum Gasteiger partial charge on any atom is 0.262 e. The predicted octanol–water partition coefficient (Wildman–Crippen LogP) is 1.98. The van der Waals surface area contributed by atoms with Crippen molar-refractivity contribution in [3.63, 3.8) is 0 Å². The highest BCUT2D eigenvalue weighted by Crippen LogP contribution is 2.37. The lowest BCUT2D eigenvalue weighted by Crippen LogP contribution is -2.40. The van der Waals surface area contributed by atoms with E-state index in [-0.39, 0.29) is 10.9 Å². The Labute approximate surface area is 177 Å². The van der Waals surface area contributed by atoms with Crippen molar-refractivity contribution >= 4 is 21.7 Å². The lowest BCUT2D eigenvalue weighted by Gasteiger charge is -2.31. The summed E-state index contributed by atoms with van der Waals surface area (Å²) in [5.74, 6) is 1.46. The molecule has 4 rings (SSSR count). The number of nitrogens with zero attached hydrogens (tertiary/aromatic N) is 6. The molecule has 2 aliphatic rings. The molecule has 1 atom stereocenters. The van der Waals surface area contributed by atoms with Gasteiger partial charge in [-0.3, -0.25) is 9.69 Å². The molecular weight excluding hydrogens is 404 g/mol. The van der Waals surface area contributed by atoms with Gasteiger partial charge in [0, 0.05) is 44.0 Å². The Morgan fingerprint density at radius 1 is 1.23 bits per heavy atom. The first-order chi connectivity index (χ1) is 14.2. The zero-order valence-corrected chi connectivity index (χ0v) is 18.7. The molecule has 1 fully saturated rings. The first-order valence-corrected chi connectivity index (χ1v) is 11.8.